The molecule has 0 spiro atoms. The van der Waals surface area contributed by atoms with Gasteiger partial charge < -0.3 is 4.74 Å². The fourth-order valence-corrected chi connectivity index (χ4v) is 2.88. The number of hydrogen-bond acceptors (Lipinski definition) is 3. The minimum atomic E-state index is -0.0149. The number of hydrogen-bond donors (Lipinski definition) is 0. The largest absolute Gasteiger partial charge is 0.465 e. The lowest BCUT2D eigenvalue weighted by atomic mass is 9.99. The molecule has 0 aliphatic carbocycles. The smallest absolute Gasteiger partial charge is 0.308 e. The van der Waals surface area contributed by atoms with Gasteiger partial charge in [-0.1, -0.05) is 13.8 Å². The molecule has 0 amide bonds. The summed E-state index contributed by atoms with van der Waals surface area (Å²) in [6.07, 6.45) is 4.70. The zero-order valence-electron chi connectivity index (χ0n) is 10.4. The molecule has 0 radical (unpaired) electrons. The third-order valence-corrected chi connectivity index (χ3v) is 4.20. The molecule has 0 aromatic rings. The number of carbonyl (C=O) groups is 1. The predicted molar refractivity (Wildman–Crippen MR) is 63.1 cm³/mol. The van der Waals surface area contributed by atoms with Gasteiger partial charge in [0.05, 0.1) is 12.5 Å². The van der Waals surface area contributed by atoms with Crippen molar-refractivity contribution in [3.05, 3.63) is 0 Å². The Kier molecular flexibility index (Phi) is 3.85. The molecule has 16 heavy (non-hydrogen) atoms. The first-order valence-corrected chi connectivity index (χ1v) is 6.63. The summed E-state index contributed by atoms with van der Waals surface area (Å²) >= 11 is 0. The molecular weight excluding hydrogens is 202 g/mol. The number of carbonyl (C=O) groups excluding carboxylic acids is 1. The van der Waals surface area contributed by atoms with Crippen LogP contribution in [0.25, 0.3) is 0 Å². The molecule has 3 atom stereocenters. The molecule has 3 nitrogen and oxygen atoms in total. The van der Waals surface area contributed by atoms with Gasteiger partial charge >= 0.3 is 5.97 Å². The molecule has 2 heterocycles. The zero-order valence-corrected chi connectivity index (χ0v) is 10.4. The Labute approximate surface area is 98.1 Å². The molecule has 3 heteroatoms. The van der Waals surface area contributed by atoms with Gasteiger partial charge in [-0.05, 0) is 38.8 Å². The molecule has 92 valence electrons. The molecule has 2 rings (SSSR count). The van der Waals surface area contributed by atoms with Gasteiger partial charge in [-0.2, -0.15) is 0 Å². The highest BCUT2D eigenvalue weighted by Crippen LogP contribution is 2.32. The average Bonchev–Trinajstić information content (AvgIpc) is 2.87. The Morgan fingerprint density at radius 1 is 1.44 bits per heavy atom. The Bertz CT molecular complexity index is 254. The maximum absolute atomic E-state index is 11.6. The van der Waals surface area contributed by atoms with Crippen molar-refractivity contribution < 1.29 is 9.53 Å². The fraction of sp³-hybridized carbons (Fsp3) is 0.923. The van der Waals surface area contributed by atoms with Gasteiger partial charge in [-0.15, -0.1) is 0 Å². The van der Waals surface area contributed by atoms with Crippen LogP contribution in [0, 0.1) is 11.8 Å². The van der Waals surface area contributed by atoms with Gasteiger partial charge in [-0.25, -0.2) is 0 Å². The Morgan fingerprint density at radius 3 is 3.00 bits per heavy atom. The van der Waals surface area contributed by atoms with E-state index in [1.165, 1.54) is 32.4 Å². The van der Waals surface area contributed by atoms with Gasteiger partial charge in [-0.3, -0.25) is 9.69 Å². The van der Waals surface area contributed by atoms with E-state index in [9.17, 15) is 4.79 Å². The lowest BCUT2D eigenvalue weighted by Crippen LogP contribution is -2.29. The monoisotopic (exact) mass is 225 g/mol. The molecule has 2 aliphatic rings. The molecule has 0 saturated carbocycles. The molecule has 0 N–H and O–H groups in total. The first-order chi connectivity index (χ1) is 7.72. The Morgan fingerprint density at radius 2 is 2.25 bits per heavy atom. The minimum Gasteiger partial charge on any atom is -0.465 e. The van der Waals surface area contributed by atoms with Crippen molar-refractivity contribution in [3.8, 4) is 0 Å². The highest BCUT2D eigenvalue weighted by molar-refractivity contribution is 5.71. The number of esters is 1. The van der Waals surface area contributed by atoms with Crippen LogP contribution >= 0.6 is 0 Å². The summed E-state index contributed by atoms with van der Waals surface area (Å²) in [6, 6.07) is 0.699. The van der Waals surface area contributed by atoms with E-state index in [1.807, 2.05) is 13.8 Å². The second kappa shape index (κ2) is 5.17. The van der Waals surface area contributed by atoms with E-state index in [-0.39, 0.29) is 11.9 Å². The molecule has 0 bridgehead atoms. The summed E-state index contributed by atoms with van der Waals surface area (Å²) in [6.45, 7) is 7.07. The van der Waals surface area contributed by atoms with Crippen molar-refractivity contribution in [1.82, 2.24) is 4.90 Å². The zero-order chi connectivity index (χ0) is 11.5. The molecule has 0 aromatic heterocycles. The number of nitrogens with zero attached hydrogens (tertiary/aromatic N) is 1. The van der Waals surface area contributed by atoms with E-state index in [0.29, 0.717) is 18.6 Å². The van der Waals surface area contributed by atoms with Crippen molar-refractivity contribution in [1.29, 1.82) is 0 Å². The van der Waals surface area contributed by atoms with E-state index in [1.54, 1.807) is 0 Å². The summed E-state index contributed by atoms with van der Waals surface area (Å²) < 4.78 is 5.42. The van der Waals surface area contributed by atoms with Crippen LogP contribution in [0.1, 0.15) is 39.5 Å². The van der Waals surface area contributed by atoms with Gasteiger partial charge in [0, 0.05) is 12.0 Å². The van der Waals surface area contributed by atoms with Crippen LogP contribution in [0.3, 0.4) is 0 Å². The summed E-state index contributed by atoms with van der Waals surface area (Å²) in [5.41, 5.74) is 0. The van der Waals surface area contributed by atoms with Crippen LogP contribution in [0.5, 0.6) is 0 Å². The lowest BCUT2D eigenvalue weighted by molar-refractivity contribution is -0.149. The van der Waals surface area contributed by atoms with Gasteiger partial charge in [0.2, 0.25) is 0 Å². The minimum absolute atomic E-state index is 0.0149. The summed E-state index contributed by atoms with van der Waals surface area (Å²) in [5, 5.41) is 0. The standard InChI is InChI=1S/C13H23NO2/c1-3-10(2)13(15)16-9-11-6-8-14-7-4-5-12(11)14/h10-12H,3-9H2,1-2H3. The van der Waals surface area contributed by atoms with Crippen molar-refractivity contribution >= 4 is 5.97 Å². The van der Waals surface area contributed by atoms with E-state index < -0.39 is 0 Å². The molecule has 2 fully saturated rings. The first-order valence-electron chi connectivity index (χ1n) is 6.63. The Hall–Kier alpha value is -0.570. The maximum Gasteiger partial charge on any atom is 0.308 e. The summed E-state index contributed by atoms with van der Waals surface area (Å²) in [5.74, 6) is 0.635. The third kappa shape index (κ3) is 2.40. The third-order valence-electron chi connectivity index (χ3n) is 4.20. The Balaban J connectivity index is 1.76. The van der Waals surface area contributed by atoms with Crippen molar-refractivity contribution in [2.75, 3.05) is 19.7 Å². The normalized spacial score (nSPS) is 31.4. The van der Waals surface area contributed by atoms with E-state index in [4.69, 9.17) is 4.74 Å². The average molecular weight is 225 g/mol. The predicted octanol–water partition coefficient (Wildman–Crippen LogP) is 2.06. The van der Waals surface area contributed by atoms with Crippen LogP contribution in [-0.4, -0.2) is 36.6 Å². The highest BCUT2D eigenvalue weighted by Gasteiger charge is 2.37. The van der Waals surface area contributed by atoms with Crippen LogP contribution in [0.2, 0.25) is 0 Å². The summed E-state index contributed by atoms with van der Waals surface area (Å²) in [4.78, 5) is 14.1. The summed E-state index contributed by atoms with van der Waals surface area (Å²) in [7, 11) is 0. The van der Waals surface area contributed by atoms with Crippen molar-refractivity contribution in [3.63, 3.8) is 0 Å². The van der Waals surface area contributed by atoms with Crippen LogP contribution < -0.4 is 0 Å². The van der Waals surface area contributed by atoms with E-state index >= 15 is 0 Å². The maximum atomic E-state index is 11.6. The van der Waals surface area contributed by atoms with Crippen LogP contribution in [-0.2, 0) is 9.53 Å². The quantitative estimate of drug-likeness (QED) is 0.686. The lowest BCUT2D eigenvalue weighted by Gasteiger charge is -2.20. The molecule has 2 saturated heterocycles. The second-order valence-corrected chi connectivity index (χ2v) is 5.23. The fourth-order valence-electron chi connectivity index (χ4n) is 2.88. The molecule has 2 aliphatic heterocycles. The highest BCUT2D eigenvalue weighted by atomic mass is 16.5. The molecule has 0 aromatic carbocycles. The van der Waals surface area contributed by atoms with Gasteiger partial charge in [0.25, 0.3) is 0 Å². The van der Waals surface area contributed by atoms with Crippen LogP contribution in [0.15, 0.2) is 0 Å². The van der Waals surface area contributed by atoms with E-state index in [2.05, 4.69) is 4.90 Å². The second-order valence-electron chi connectivity index (χ2n) is 5.23. The first kappa shape index (κ1) is 11.9. The number of rotatable bonds is 4. The SMILES string of the molecule is CCC(C)C(=O)OCC1CCN2CCCC12. The van der Waals surface area contributed by atoms with Crippen LogP contribution in [0.4, 0.5) is 0 Å². The topological polar surface area (TPSA) is 29.5 Å². The van der Waals surface area contributed by atoms with E-state index in [0.717, 1.165) is 6.42 Å². The number of ether oxygens (including phenoxy) is 1. The van der Waals surface area contributed by atoms with Crippen molar-refractivity contribution in [2.45, 2.75) is 45.6 Å². The number of fused-ring (bicyclic) bond motifs is 1. The van der Waals surface area contributed by atoms with Gasteiger partial charge in [0.15, 0.2) is 0 Å². The molecular formula is C13H23NO2. The molecule has 3 unspecified atom stereocenters. The van der Waals surface area contributed by atoms with Gasteiger partial charge in [0.1, 0.15) is 0 Å². The van der Waals surface area contributed by atoms with Crippen molar-refractivity contribution in [2.24, 2.45) is 11.8 Å².